The highest BCUT2D eigenvalue weighted by molar-refractivity contribution is 6.42. The molecule has 12 heterocycles. The lowest BCUT2D eigenvalue weighted by molar-refractivity contribution is 0.358. The van der Waals surface area contributed by atoms with E-state index in [1.165, 1.54) is 70.8 Å². The summed E-state index contributed by atoms with van der Waals surface area (Å²) in [7, 11) is 0. The SMILES string of the molecule is CCc1ccn2c(-c3ccnc(NC(C)C(C)C)n3)c(-c3ccc(F)cc3)nc2c1.CCc1ccn2c(-c3ccnc(NC(C)C(C)C)n3)c(-c3ccc(F)cc3)nc2c1.CCc1ccn2c(-c3ccnc(NCc4ccc(Cl)c(Cl)c4)n3)c(-c3ccc(F)cc3)nc2c1.CCc1ccn2c(-c3ccnc(N[C@@H](C)C(C)(C)C)n3)c(-c3ccc(F)cc3)nc2c1. The number of imidazole rings is 4. The van der Waals surface area contributed by atoms with Crippen LogP contribution >= 0.6 is 23.2 Å². The van der Waals surface area contributed by atoms with E-state index in [0.717, 1.165) is 139 Å². The Morgan fingerprint density at radius 3 is 0.872 bits per heavy atom. The van der Waals surface area contributed by atoms with Crippen molar-refractivity contribution in [1.29, 1.82) is 0 Å². The van der Waals surface area contributed by atoms with E-state index in [9.17, 15) is 17.6 Å². The van der Waals surface area contributed by atoms with E-state index < -0.39 is 0 Å². The van der Waals surface area contributed by atoms with Crippen LogP contribution in [0.2, 0.25) is 10.0 Å². The van der Waals surface area contributed by atoms with E-state index in [1.807, 2.05) is 78.8 Å². The summed E-state index contributed by atoms with van der Waals surface area (Å²) in [4.78, 5) is 56.2. The van der Waals surface area contributed by atoms with Gasteiger partial charge in [0.1, 0.15) is 45.9 Å². The number of anilines is 4. The lowest BCUT2D eigenvalue weighted by Gasteiger charge is -2.28. The van der Waals surface area contributed by atoms with Crippen LogP contribution in [0.15, 0.2) is 238 Å². The maximum Gasteiger partial charge on any atom is 0.223 e. The molecular weight excluding hydrogens is 1620 g/mol. The van der Waals surface area contributed by atoms with Gasteiger partial charge < -0.3 is 21.3 Å². The molecule has 638 valence electrons. The molecule has 0 aliphatic rings. The Hall–Kier alpha value is -13.3. The van der Waals surface area contributed by atoms with E-state index in [1.54, 1.807) is 79.4 Å². The van der Waals surface area contributed by atoms with Crippen molar-refractivity contribution in [3.63, 3.8) is 0 Å². The third-order valence-corrected chi connectivity index (χ3v) is 23.0. The molecule has 17 aromatic rings. The highest BCUT2D eigenvalue weighted by Crippen LogP contribution is 2.39. The van der Waals surface area contributed by atoms with Crippen LogP contribution in [0.4, 0.5) is 41.4 Å². The van der Waals surface area contributed by atoms with Gasteiger partial charge in [0.2, 0.25) is 23.8 Å². The van der Waals surface area contributed by atoms with Crippen molar-refractivity contribution in [2.45, 2.75) is 147 Å². The maximum atomic E-state index is 13.6. The molecule has 17 rings (SSSR count). The summed E-state index contributed by atoms with van der Waals surface area (Å²) in [6.45, 7) is 30.5. The number of benzene rings is 5. The lowest BCUT2D eigenvalue weighted by atomic mass is 9.88. The average molecular weight is 1720 g/mol. The molecule has 0 aliphatic heterocycles. The number of aromatic nitrogens is 16. The molecule has 4 N–H and O–H groups in total. The van der Waals surface area contributed by atoms with Gasteiger partial charge in [-0.2, -0.15) is 0 Å². The zero-order valence-corrected chi connectivity index (χ0v) is 73.9. The van der Waals surface area contributed by atoms with Crippen LogP contribution < -0.4 is 21.3 Å². The minimum atomic E-state index is -0.293. The molecule has 5 aromatic carbocycles. The molecule has 125 heavy (non-hydrogen) atoms. The smallest absolute Gasteiger partial charge is 0.223 e. The van der Waals surface area contributed by atoms with Crippen molar-refractivity contribution in [1.82, 2.24) is 77.4 Å². The zero-order chi connectivity index (χ0) is 88.3. The van der Waals surface area contributed by atoms with Crippen LogP contribution in [0.25, 0.3) is 113 Å². The van der Waals surface area contributed by atoms with Crippen LogP contribution in [0.5, 0.6) is 0 Å². The third-order valence-electron chi connectivity index (χ3n) is 22.3. The molecule has 0 saturated heterocycles. The largest absolute Gasteiger partial charge is 0.351 e. The van der Waals surface area contributed by atoms with Crippen LogP contribution in [0.1, 0.15) is 125 Å². The Morgan fingerprint density at radius 1 is 0.320 bits per heavy atom. The second-order valence-electron chi connectivity index (χ2n) is 32.5. The fourth-order valence-electron chi connectivity index (χ4n) is 13.7. The van der Waals surface area contributed by atoms with E-state index in [4.69, 9.17) is 63.1 Å². The number of hydrogen-bond donors (Lipinski definition) is 4. The average Bonchev–Trinajstić information content (AvgIpc) is 1.63. The van der Waals surface area contributed by atoms with E-state index in [2.05, 4.69) is 187 Å². The molecule has 20 nitrogen and oxygen atoms in total. The van der Waals surface area contributed by atoms with Crippen molar-refractivity contribution < 1.29 is 17.6 Å². The number of halogens is 6. The first kappa shape index (κ1) is 88.0. The Bertz CT molecular complexity index is 6410. The zero-order valence-electron chi connectivity index (χ0n) is 72.4. The number of fused-ring (bicyclic) bond motifs is 4. The molecule has 0 saturated carbocycles. The van der Waals surface area contributed by atoms with Crippen molar-refractivity contribution in [2.75, 3.05) is 21.3 Å². The molecule has 2 unspecified atom stereocenters. The van der Waals surface area contributed by atoms with Gasteiger partial charge >= 0.3 is 0 Å². The van der Waals surface area contributed by atoms with Crippen molar-refractivity contribution in [3.05, 3.63) is 299 Å². The number of aryl methyl sites for hydroxylation is 4. The first-order chi connectivity index (χ1) is 60.2. The number of pyridine rings is 4. The van der Waals surface area contributed by atoms with Crippen molar-refractivity contribution >= 4 is 69.6 Å². The van der Waals surface area contributed by atoms with Crippen molar-refractivity contribution in [2.24, 2.45) is 17.3 Å². The van der Waals surface area contributed by atoms with Crippen LogP contribution in [0, 0.1) is 40.5 Å². The van der Waals surface area contributed by atoms with E-state index in [-0.39, 0.29) is 46.8 Å². The maximum absolute atomic E-state index is 13.6. The lowest BCUT2D eigenvalue weighted by Crippen LogP contribution is -2.31. The first-order valence-corrected chi connectivity index (χ1v) is 42.8. The number of nitrogens with zero attached hydrogens (tertiary/aromatic N) is 16. The van der Waals surface area contributed by atoms with Crippen LogP contribution in [-0.4, -0.2) is 95.5 Å². The van der Waals surface area contributed by atoms with Gasteiger partial charge in [-0.3, -0.25) is 17.6 Å². The summed E-state index contributed by atoms with van der Waals surface area (Å²) in [5.74, 6) is 2.01. The summed E-state index contributed by atoms with van der Waals surface area (Å²) in [6, 6.07) is 55.9. The number of rotatable bonds is 23. The highest BCUT2D eigenvalue weighted by Gasteiger charge is 2.26. The quantitative estimate of drug-likeness (QED) is 0.0437. The summed E-state index contributed by atoms with van der Waals surface area (Å²) >= 11 is 12.1. The fraction of sp³-hybridized carbons (Fsp3) is 0.253. The molecule has 0 spiro atoms. The van der Waals surface area contributed by atoms with Gasteiger partial charge in [-0.25, -0.2) is 77.4 Å². The third kappa shape index (κ3) is 20.8. The van der Waals surface area contributed by atoms with Gasteiger partial charge in [-0.1, -0.05) is 105 Å². The fourth-order valence-corrected chi connectivity index (χ4v) is 14.0. The molecule has 0 radical (unpaired) electrons. The summed E-state index contributed by atoms with van der Waals surface area (Å²) in [5, 5.41) is 14.4. The van der Waals surface area contributed by atoms with Gasteiger partial charge in [0, 0.05) is 96.5 Å². The molecule has 26 heteroatoms. The second-order valence-corrected chi connectivity index (χ2v) is 33.3. The van der Waals surface area contributed by atoms with Gasteiger partial charge in [0.05, 0.1) is 78.4 Å². The molecule has 12 aromatic heterocycles. The Kier molecular flexibility index (Phi) is 27.5. The predicted octanol–water partition coefficient (Wildman–Crippen LogP) is 24.3. The predicted molar refractivity (Wildman–Crippen MR) is 496 cm³/mol. The minimum absolute atomic E-state index is 0.0680. The topological polar surface area (TPSA) is 220 Å². The first-order valence-electron chi connectivity index (χ1n) is 42.1. The van der Waals surface area contributed by atoms with Gasteiger partial charge in [0.15, 0.2) is 0 Å². The minimum Gasteiger partial charge on any atom is -0.351 e. The summed E-state index contributed by atoms with van der Waals surface area (Å²) in [5.41, 5.74) is 21.9. The number of nitrogens with one attached hydrogen (secondary N) is 4. The second kappa shape index (κ2) is 39.0. The number of hydrogen-bond acceptors (Lipinski definition) is 16. The molecule has 0 aliphatic carbocycles. The van der Waals surface area contributed by atoms with Crippen LogP contribution in [-0.2, 0) is 32.2 Å². The molecule has 0 fully saturated rings. The van der Waals surface area contributed by atoms with E-state index in [0.29, 0.717) is 57.9 Å². The Labute approximate surface area is 735 Å². The Balaban J connectivity index is 0.000000136. The van der Waals surface area contributed by atoms with E-state index >= 15 is 0 Å². The highest BCUT2D eigenvalue weighted by atomic mass is 35.5. The normalized spacial score (nSPS) is 12.2. The van der Waals surface area contributed by atoms with Gasteiger partial charge in [-0.15, -0.1) is 0 Å². The molecule has 0 amide bonds. The Morgan fingerprint density at radius 2 is 0.600 bits per heavy atom. The van der Waals surface area contributed by atoms with Crippen molar-refractivity contribution in [3.8, 4) is 90.6 Å². The van der Waals surface area contributed by atoms with Gasteiger partial charge in [-0.05, 0) is 274 Å². The summed E-state index contributed by atoms with van der Waals surface area (Å²) in [6.07, 6.45) is 18.7. The summed E-state index contributed by atoms with van der Waals surface area (Å²) < 4.78 is 62.3. The monoisotopic (exact) mass is 1710 g/mol. The van der Waals surface area contributed by atoms with Gasteiger partial charge in [0.25, 0.3) is 0 Å². The van der Waals surface area contributed by atoms with Crippen LogP contribution in [0.3, 0.4) is 0 Å². The molecule has 3 atom stereocenters. The standard InChI is InChI=1S/C26H20Cl2FN5.C25H28FN5.2C24H26FN5/c1-2-16-10-12-34-23(14-16)33-24(18-4-6-19(29)7-5-18)25(34)22-9-11-30-26(32-22)31-15-17-3-8-20(27)21(28)13-17;1-6-17-12-14-31-21(15-17)30-22(18-7-9-19(26)10-8-18)23(31)20-11-13-27-24(29-20)28-16(2)25(3,4)5;2*1-5-17-11-13-30-21(14-17)29-22(18-6-8-19(25)9-7-18)23(30)20-10-12-26-24(28-20)27-16(4)15(2)3/h3-14H,2,15H2,1H3,(H,30,31,32);7-16H,6H2,1-5H3,(H,27,28,29);2*6-16H,5H2,1-4H3,(H,26,27,28)/t;16-;;/m.0../s1. The molecule has 0 bridgehead atoms. The molecular formula is C99H100Cl2F4N20.